The average molecular weight is 328 g/mol. The zero-order valence-corrected chi connectivity index (χ0v) is 12.3. The van der Waals surface area contributed by atoms with Crippen molar-refractivity contribution in [3.05, 3.63) is 64.2 Å². The Morgan fingerprint density at radius 2 is 1.88 bits per heavy atom. The Hall–Kier alpha value is -3.55. The molecule has 3 rings (SSSR count). The molecule has 2 aromatic carbocycles. The lowest BCUT2D eigenvalue weighted by Gasteiger charge is -2.04. The number of nitro groups is 1. The first-order chi connectivity index (χ1) is 11.5. The van der Waals surface area contributed by atoms with Gasteiger partial charge in [-0.05, 0) is 24.3 Å². The molecule has 122 valence electrons. The summed E-state index contributed by atoms with van der Waals surface area (Å²) in [5.74, 6) is 0.265. The number of benzene rings is 2. The highest BCUT2D eigenvalue weighted by molar-refractivity contribution is 6.03. The Bertz CT molecular complexity index is 829. The number of hydrogen-bond donors (Lipinski definition) is 2. The van der Waals surface area contributed by atoms with Crippen molar-refractivity contribution in [2.45, 2.75) is 0 Å². The van der Waals surface area contributed by atoms with Crippen LogP contribution in [-0.4, -0.2) is 22.7 Å². The van der Waals surface area contributed by atoms with Crippen LogP contribution in [0.25, 0.3) is 5.76 Å². The predicted octanol–water partition coefficient (Wildman–Crippen LogP) is 2.86. The fourth-order valence-electron chi connectivity index (χ4n) is 2.11. The van der Waals surface area contributed by atoms with Gasteiger partial charge in [-0.25, -0.2) is 0 Å². The molecular weight excluding hydrogens is 316 g/mol. The van der Waals surface area contributed by atoms with E-state index in [1.807, 2.05) is 0 Å². The molecule has 8 nitrogen and oxygen atoms in total. The molecular formula is C16H12N2O6. The van der Waals surface area contributed by atoms with Crippen molar-refractivity contribution >= 4 is 23.0 Å². The topological polar surface area (TPSA) is 111 Å². The molecule has 0 radical (unpaired) electrons. The monoisotopic (exact) mass is 328 g/mol. The van der Waals surface area contributed by atoms with E-state index >= 15 is 0 Å². The van der Waals surface area contributed by atoms with Crippen LogP contribution >= 0.6 is 0 Å². The fourth-order valence-corrected chi connectivity index (χ4v) is 2.11. The van der Waals surface area contributed by atoms with Crippen molar-refractivity contribution in [3.63, 3.8) is 0 Å². The number of anilines is 1. The molecule has 0 unspecified atom stereocenters. The van der Waals surface area contributed by atoms with Crippen LogP contribution in [-0.2, 0) is 4.79 Å². The lowest BCUT2D eigenvalue weighted by molar-refractivity contribution is -0.384. The predicted molar refractivity (Wildman–Crippen MR) is 84.9 cm³/mol. The number of carbonyl (C=O) groups is 1. The number of hydrogen-bond acceptors (Lipinski definition) is 6. The Kier molecular flexibility index (Phi) is 4.02. The Morgan fingerprint density at radius 1 is 1.17 bits per heavy atom. The van der Waals surface area contributed by atoms with Gasteiger partial charge < -0.3 is 19.9 Å². The van der Waals surface area contributed by atoms with Crippen LogP contribution in [0.4, 0.5) is 11.4 Å². The van der Waals surface area contributed by atoms with Crippen LogP contribution in [0.1, 0.15) is 5.56 Å². The van der Waals surface area contributed by atoms with Crippen molar-refractivity contribution in [3.8, 4) is 11.5 Å². The van der Waals surface area contributed by atoms with Gasteiger partial charge in [-0.1, -0.05) is 0 Å². The zero-order valence-electron chi connectivity index (χ0n) is 12.3. The summed E-state index contributed by atoms with van der Waals surface area (Å²) >= 11 is 0. The van der Waals surface area contributed by atoms with Gasteiger partial charge >= 0.3 is 0 Å². The highest BCUT2D eigenvalue weighted by Gasteiger charge is 2.14. The molecule has 2 aromatic rings. The van der Waals surface area contributed by atoms with Gasteiger partial charge in [0.2, 0.25) is 6.79 Å². The molecule has 0 spiro atoms. The summed E-state index contributed by atoms with van der Waals surface area (Å²) in [6.45, 7) is 0.133. The van der Waals surface area contributed by atoms with Crippen molar-refractivity contribution in [1.82, 2.24) is 0 Å². The summed E-state index contributed by atoms with van der Waals surface area (Å²) in [4.78, 5) is 22.0. The lowest BCUT2D eigenvalue weighted by Crippen LogP contribution is -2.08. The van der Waals surface area contributed by atoms with Crippen molar-refractivity contribution in [2.24, 2.45) is 0 Å². The van der Waals surface area contributed by atoms with Crippen molar-refractivity contribution < 1.29 is 24.3 Å². The van der Waals surface area contributed by atoms with Crippen LogP contribution in [0.15, 0.2) is 48.5 Å². The number of fused-ring (bicyclic) bond motifs is 1. The third kappa shape index (κ3) is 3.27. The summed E-state index contributed by atoms with van der Waals surface area (Å²) in [6.07, 6.45) is 0.992. The quantitative estimate of drug-likeness (QED) is 0.386. The maximum absolute atomic E-state index is 11.9. The van der Waals surface area contributed by atoms with Gasteiger partial charge in [0.05, 0.1) is 4.92 Å². The number of ether oxygens (including phenoxy) is 2. The summed E-state index contributed by atoms with van der Waals surface area (Å²) < 4.78 is 10.4. The van der Waals surface area contributed by atoms with Gasteiger partial charge in [0.15, 0.2) is 11.5 Å². The number of nitrogens with one attached hydrogen (secondary N) is 1. The number of amides is 1. The fraction of sp³-hybridized carbons (Fsp3) is 0.0625. The molecule has 0 bridgehead atoms. The van der Waals surface area contributed by atoms with Gasteiger partial charge in [-0.15, -0.1) is 0 Å². The van der Waals surface area contributed by atoms with Gasteiger partial charge in [0, 0.05) is 35.5 Å². The lowest BCUT2D eigenvalue weighted by atomic mass is 10.1. The maximum atomic E-state index is 11.9. The van der Waals surface area contributed by atoms with E-state index in [4.69, 9.17) is 9.47 Å². The molecule has 0 fully saturated rings. The normalized spacial score (nSPS) is 12.8. The molecule has 0 aromatic heterocycles. The maximum Gasteiger partial charge on any atom is 0.269 e. The van der Waals surface area contributed by atoms with Crippen LogP contribution in [0.5, 0.6) is 11.5 Å². The first kappa shape index (κ1) is 15.3. The third-order valence-electron chi connectivity index (χ3n) is 3.28. The van der Waals surface area contributed by atoms with E-state index in [0.717, 1.165) is 6.08 Å². The summed E-state index contributed by atoms with van der Waals surface area (Å²) in [6, 6.07) is 10.1. The summed E-state index contributed by atoms with van der Waals surface area (Å²) in [7, 11) is 0. The Labute approximate surface area is 136 Å². The van der Waals surface area contributed by atoms with E-state index in [1.165, 1.54) is 24.3 Å². The second kappa shape index (κ2) is 6.29. The van der Waals surface area contributed by atoms with Gasteiger partial charge in [-0.2, -0.15) is 0 Å². The minimum absolute atomic E-state index is 0.101. The number of aliphatic hydroxyl groups excluding tert-OH is 1. The number of nitro benzene ring substituents is 1. The highest BCUT2D eigenvalue weighted by atomic mass is 16.7. The number of nitrogens with zero attached hydrogens (tertiary/aromatic N) is 1. The summed E-state index contributed by atoms with van der Waals surface area (Å²) in [5, 5.41) is 23.1. The van der Waals surface area contributed by atoms with E-state index in [0.29, 0.717) is 22.7 Å². The SMILES string of the molecule is O=C(/C=C(\O)c1ccc([N+](=O)[O-])cc1)Nc1ccc2c(c1)OCO2. The van der Waals surface area contributed by atoms with Crippen molar-refractivity contribution in [2.75, 3.05) is 12.1 Å². The van der Waals surface area contributed by atoms with Crippen LogP contribution < -0.4 is 14.8 Å². The largest absolute Gasteiger partial charge is 0.507 e. The number of carbonyl (C=O) groups excluding carboxylic acids is 1. The third-order valence-corrected chi connectivity index (χ3v) is 3.28. The van der Waals surface area contributed by atoms with E-state index in [2.05, 4.69) is 5.32 Å². The van der Waals surface area contributed by atoms with Crippen molar-refractivity contribution in [1.29, 1.82) is 0 Å². The molecule has 1 aliphatic heterocycles. The molecule has 1 heterocycles. The van der Waals surface area contributed by atoms with E-state index in [1.54, 1.807) is 18.2 Å². The number of rotatable bonds is 4. The number of aliphatic hydroxyl groups is 1. The van der Waals surface area contributed by atoms with Gasteiger partial charge in [0.1, 0.15) is 5.76 Å². The smallest absolute Gasteiger partial charge is 0.269 e. The number of non-ortho nitro benzene ring substituents is 1. The van der Waals surface area contributed by atoms with Crippen LogP contribution in [0.2, 0.25) is 0 Å². The Morgan fingerprint density at radius 3 is 2.58 bits per heavy atom. The zero-order chi connectivity index (χ0) is 17.1. The molecule has 8 heteroatoms. The molecule has 1 amide bonds. The minimum Gasteiger partial charge on any atom is -0.507 e. The molecule has 24 heavy (non-hydrogen) atoms. The standard InChI is InChI=1S/C16H12N2O6/c19-13(10-1-4-12(5-2-10)18(21)22)8-16(20)17-11-3-6-14-15(7-11)24-9-23-14/h1-8,19H,9H2,(H,17,20)/b13-8-. The average Bonchev–Trinajstić information content (AvgIpc) is 3.02. The molecule has 0 saturated carbocycles. The molecule has 0 saturated heterocycles. The molecule has 1 aliphatic rings. The van der Waals surface area contributed by atoms with E-state index in [-0.39, 0.29) is 18.2 Å². The van der Waals surface area contributed by atoms with E-state index in [9.17, 15) is 20.0 Å². The first-order valence-corrected chi connectivity index (χ1v) is 6.89. The Balaban J connectivity index is 1.70. The molecule has 0 aliphatic carbocycles. The second-order valence-electron chi connectivity index (χ2n) is 4.89. The van der Waals surface area contributed by atoms with E-state index < -0.39 is 10.8 Å². The van der Waals surface area contributed by atoms with Crippen LogP contribution in [0, 0.1) is 10.1 Å². The summed E-state index contributed by atoms with van der Waals surface area (Å²) in [5.41, 5.74) is 0.676. The van der Waals surface area contributed by atoms with Gasteiger partial charge in [-0.3, -0.25) is 14.9 Å². The minimum atomic E-state index is -0.551. The molecule has 0 atom stereocenters. The first-order valence-electron chi connectivity index (χ1n) is 6.89. The second-order valence-corrected chi connectivity index (χ2v) is 4.89. The highest BCUT2D eigenvalue weighted by Crippen LogP contribution is 2.34. The van der Waals surface area contributed by atoms with Crippen LogP contribution in [0.3, 0.4) is 0 Å². The molecule has 2 N–H and O–H groups in total. The van der Waals surface area contributed by atoms with Gasteiger partial charge in [0.25, 0.3) is 11.6 Å².